The molecule has 0 spiro atoms. The molecule has 3 rings (SSSR count). The van der Waals surface area contributed by atoms with Gasteiger partial charge in [0, 0.05) is 51.8 Å². The van der Waals surface area contributed by atoms with Crippen molar-refractivity contribution in [3.8, 4) is 0 Å². The lowest BCUT2D eigenvalue weighted by atomic mass is 10.1. The van der Waals surface area contributed by atoms with Gasteiger partial charge in [-0.05, 0) is 37.0 Å². The summed E-state index contributed by atoms with van der Waals surface area (Å²) in [6.07, 6.45) is 0.789. The summed E-state index contributed by atoms with van der Waals surface area (Å²) >= 11 is 1.35. The third-order valence-electron chi connectivity index (χ3n) is 4.48. The minimum atomic E-state index is -0.0806. The summed E-state index contributed by atoms with van der Waals surface area (Å²) in [5.41, 5.74) is 1.63. The minimum Gasteiger partial charge on any atom is -0.385 e. The van der Waals surface area contributed by atoms with Crippen LogP contribution in [0.2, 0.25) is 0 Å². The first-order valence-corrected chi connectivity index (χ1v) is 9.54. The molecule has 3 amide bonds. The van der Waals surface area contributed by atoms with E-state index in [9.17, 15) is 9.59 Å². The molecule has 0 radical (unpaired) electrons. The molecular formula is C18H24N4O3S. The van der Waals surface area contributed by atoms with Crippen molar-refractivity contribution in [3.05, 3.63) is 29.5 Å². The zero-order chi connectivity index (χ0) is 18.5. The van der Waals surface area contributed by atoms with Gasteiger partial charge in [0.2, 0.25) is 0 Å². The molecule has 0 atom stereocenters. The van der Waals surface area contributed by atoms with E-state index in [1.54, 1.807) is 16.9 Å². The van der Waals surface area contributed by atoms with E-state index in [1.165, 1.54) is 11.5 Å². The molecule has 1 aliphatic rings. The third-order valence-corrected chi connectivity index (χ3v) is 5.31. The largest absolute Gasteiger partial charge is 0.385 e. The van der Waals surface area contributed by atoms with E-state index < -0.39 is 0 Å². The molecule has 2 aromatic rings. The Balaban J connectivity index is 1.56. The summed E-state index contributed by atoms with van der Waals surface area (Å²) in [5, 5.41) is 3.80. The highest BCUT2D eigenvalue weighted by Crippen LogP contribution is 2.25. The Morgan fingerprint density at radius 2 is 1.96 bits per heavy atom. The van der Waals surface area contributed by atoms with Crippen molar-refractivity contribution in [1.29, 1.82) is 0 Å². The Kier molecular flexibility index (Phi) is 6.05. The smallest absolute Gasteiger partial charge is 0.317 e. The number of ether oxygens (including phenoxy) is 1. The summed E-state index contributed by atoms with van der Waals surface area (Å²) in [6, 6.07) is 5.96. The molecule has 2 heterocycles. The summed E-state index contributed by atoms with van der Waals surface area (Å²) in [7, 11) is 1.64. The fourth-order valence-electron chi connectivity index (χ4n) is 2.99. The van der Waals surface area contributed by atoms with Crippen LogP contribution in [0, 0.1) is 6.92 Å². The maximum Gasteiger partial charge on any atom is 0.317 e. The van der Waals surface area contributed by atoms with Crippen LogP contribution in [0.1, 0.15) is 22.5 Å². The molecule has 0 aliphatic carbocycles. The quantitative estimate of drug-likeness (QED) is 0.811. The first kappa shape index (κ1) is 18.6. The van der Waals surface area contributed by atoms with Gasteiger partial charge in [0.1, 0.15) is 5.69 Å². The maximum atomic E-state index is 12.8. The lowest BCUT2D eigenvalue weighted by Crippen LogP contribution is -2.53. The number of urea groups is 1. The zero-order valence-electron chi connectivity index (χ0n) is 15.2. The number of nitrogens with zero attached hydrogens (tertiary/aromatic N) is 3. The third kappa shape index (κ3) is 4.13. The van der Waals surface area contributed by atoms with E-state index in [4.69, 9.17) is 4.74 Å². The second-order valence-corrected chi connectivity index (χ2v) is 7.19. The molecular weight excluding hydrogens is 352 g/mol. The summed E-state index contributed by atoms with van der Waals surface area (Å²) < 4.78 is 10.4. The molecule has 1 aliphatic heterocycles. The monoisotopic (exact) mass is 376 g/mol. The normalized spacial score (nSPS) is 14.7. The van der Waals surface area contributed by atoms with Gasteiger partial charge in [-0.3, -0.25) is 4.79 Å². The van der Waals surface area contributed by atoms with Gasteiger partial charge in [0.15, 0.2) is 0 Å². The topological polar surface area (TPSA) is 74.8 Å². The second-order valence-electron chi connectivity index (χ2n) is 6.39. The lowest BCUT2D eigenvalue weighted by Gasteiger charge is -2.34. The molecule has 1 fully saturated rings. The van der Waals surface area contributed by atoms with E-state index in [0.717, 1.165) is 22.1 Å². The van der Waals surface area contributed by atoms with Crippen molar-refractivity contribution < 1.29 is 14.3 Å². The molecule has 7 nitrogen and oxygen atoms in total. The highest BCUT2D eigenvalue weighted by molar-refractivity contribution is 7.13. The van der Waals surface area contributed by atoms with Crippen LogP contribution in [0.15, 0.2) is 18.2 Å². The van der Waals surface area contributed by atoms with Crippen molar-refractivity contribution in [2.75, 3.05) is 46.4 Å². The number of aromatic nitrogens is 1. The summed E-state index contributed by atoms with van der Waals surface area (Å²) in [5.74, 6) is -0.0537. The number of benzene rings is 1. The zero-order valence-corrected chi connectivity index (χ0v) is 16.0. The lowest BCUT2D eigenvalue weighted by molar-refractivity contribution is 0.0662. The SMILES string of the molecule is COCCCNC(=O)N1CCN(C(=O)c2nsc3ccc(C)cc23)CC1. The first-order chi connectivity index (χ1) is 12.6. The molecule has 8 heteroatoms. The average molecular weight is 376 g/mol. The highest BCUT2D eigenvalue weighted by atomic mass is 32.1. The van der Waals surface area contributed by atoms with Gasteiger partial charge < -0.3 is 19.9 Å². The number of hydrogen-bond acceptors (Lipinski definition) is 5. The van der Waals surface area contributed by atoms with Gasteiger partial charge in [-0.1, -0.05) is 11.6 Å². The Hall–Kier alpha value is -2.19. The van der Waals surface area contributed by atoms with Gasteiger partial charge in [0.25, 0.3) is 5.91 Å². The second kappa shape index (κ2) is 8.46. The van der Waals surface area contributed by atoms with Crippen LogP contribution in [0.25, 0.3) is 10.1 Å². The van der Waals surface area contributed by atoms with Crippen LogP contribution in [0.4, 0.5) is 4.79 Å². The Morgan fingerprint density at radius 3 is 2.69 bits per heavy atom. The van der Waals surface area contributed by atoms with E-state index in [-0.39, 0.29) is 11.9 Å². The number of fused-ring (bicyclic) bond motifs is 1. The fourth-order valence-corrected chi connectivity index (χ4v) is 3.74. The highest BCUT2D eigenvalue weighted by Gasteiger charge is 2.27. The molecule has 0 unspecified atom stereocenters. The number of aryl methyl sites for hydroxylation is 1. The molecule has 140 valence electrons. The van der Waals surface area contributed by atoms with E-state index in [0.29, 0.717) is 45.0 Å². The van der Waals surface area contributed by atoms with Gasteiger partial charge in [0.05, 0.1) is 4.70 Å². The molecule has 1 aromatic carbocycles. The van der Waals surface area contributed by atoms with Crippen molar-refractivity contribution in [3.63, 3.8) is 0 Å². The van der Waals surface area contributed by atoms with Crippen LogP contribution in [-0.4, -0.2) is 72.6 Å². The van der Waals surface area contributed by atoms with Gasteiger partial charge in [-0.25, -0.2) is 4.79 Å². The number of nitrogens with one attached hydrogen (secondary N) is 1. The molecule has 1 saturated heterocycles. The Morgan fingerprint density at radius 1 is 1.23 bits per heavy atom. The van der Waals surface area contributed by atoms with Crippen molar-refractivity contribution >= 4 is 33.6 Å². The number of hydrogen-bond donors (Lipinski definition) is 1. The van der Waals surface area contributed by atoms with E-state index in [2.05, 4.69) is 9.69 Å². The number of rotatable bonds is 5. The van der Waals surface area contributed by atoms with Gasteiger partial charge in [-0.2, -0.15) is 4.37 Å². The van der Waals surface area contributed by atoms with Crippen LogP contribution in [-0.2, 0) is 4.74 Å². The van der Waals surface area contributed by atoms with Gasteiger partial charge in [-0.15, -0.1) is 0 Å². The fraction of sp³-hybridized carbons (Fsp3) is 0.500. The van der Waals surface area contributed by atoms with E-state index in [1.807, 2.05) is 25.1 Å². The molecule has 1 N–H and O–H groups in total. The minimum absolute atomic E-state index is 0.0537. The standard InChI is InChI=1S/C18H24N4O3S/c1-13-4-5-15-14(12-13)16(20-26-15)17(23)21-7-9-22(10-8-21)18(24)19-6-3-11-25-2/h4-5,12H,3,6-11H2,1-2H3,(H,19,24). The summed E-state index contributed by atoms with van der Waals surface area (Å²) in [6.45, 7) is 5.34. The Bertz CT molecular complexity index is 784. The number of carbonyl (C=O) groups is 2. The van der Waals surface area contributed by atoms with Gasteiger partial charge >= 0.3 is 6.03 Å². The molecule has 1 aromatic heterocycles. The molecule has 0 saturated carbocycles. The summed E-state index contributed by atoms with van der Waals surface area (Å²) in [4.78, 5) is 28.5. The average Bonchev–Trinajstić information content (AvgIpc) is 3.07. The number of amides is 3. The molecule has 0 bridgehead atoms. The Labute approximate surface area is 157 Å². The van der Waals surface area contributed by atoms with Crippen LogP contribution in [0.5, 0.6) is 0 Å². The number of carbonyl (C=O) groups excluding carboxylic acids is 2. The first-order valence-electron chi connectivity index (χ1n) is 8.77. The van der Waals surface area contributed by atoms with Crippen molar-refractivity contribution in [2.45, 2.75) is 13.3 Å². The van der Waals surface area contributed by atoms with Crippen LogP contribution >= 0.6 is 11.5 Å². The van der Waals surface area contributed by atoms with E-state index >= 15 is 0 Å². The van der Waals surface area contributed by atoms with Crippen molar-refractivity contribution in [1.82, 2.24) is 19.5 Å². The van der Waals surface area contributed by atoms with Crippen molar-refractivity contribution in [2.24, 2.45) is 0 Å². The number of methoxy groups -OCH3 is 1. The number of piperazine rings is 1. The van der Waals surface area contributed by atoms with Crippen LogP contribution < -0.4 is 5.32 Å². The molecule has 26 heavy (non-hydrogen) atoms. The maximum absolute atomic E-state index is 12.8. The predicted octanol–water partition coefficient (Wildman–Crippen LogP) is 2.11. The predicted molar refractivity (Wildman–Crippen MR) is 102 cm³/mol. The van der Waals surface area contributed by atoms with Crippen LogP contribution in [0.3, 0.4) is 0 Å².